The van der Waals surface area contributed by atoms with Crippen LogP contribution in [0.5, 0.6) is 5.75 Å². The molecule has 0 spiro atoms. The number of rotatable bonds is 5. The van der Waals surface area contributed by atoms with Gasteiger partial charge in [-0.2, -0.15) is 0 Å². The van der Waals surface area contributed by atoms with Gasteiger partial charge in [0.1, 0.15) is 5.75 Å². The zero-order valence-electron chi connectivity index (χ0n) is 13.3. The molecular formula is C18H16N2O5. The number of nitrogens with one attached hydrogen (secondary N) is 1. The molecule has 0 bridgehead atoms. The Balaban J connectivity index is 1.38. The minimum Gasteiger partial charge on any atom is -0.493 e. The van der Waals surface area contributed by atoms with E-state index in [1.165, 1.54) is 12.3 Å². The average Bonchev–Trinajstić information content (AvgIpc) is 3.38. The number of furan rings is 1. The van der Waals surface area contributed by atoms with Crippen molar-refractivity contribution in [2.45, 2.75) is 12.5 Å². The maximum Gasteiger partial charge on any atom is 0.273 e. The minimum atomic E-state index is -0.814. The molecule has 0 aliphatic carbocycles. The van der Waals surface area contributed by atoms with Crippen molar-refractivity contribution in [1.29, 1.82) is 0 Å². The molecule has 0 saturated carbocycles. The van der Waals surface area contributed by atoms with E-state index >= 15 is 0 Å². The summed E-state index contributed by atoms with van der Waals surface area (Å²) in [6.45, 7) is 0.733. The summed E-state index contributed by atoms with van der Waals surface area (Å²) in [5, 5.41) is 16.7. The Morgan fingerprint density at radius 2 is 2.20 bits per heavy atom. The van der Waals surface area contributed by atoms with Crippen molar-refractivity contribution in [2.24, 2.45) is 0 Å². The van der Waals surface area contributed by atoms with E-state index in [9.17, 15) is 9.90 Å². The number of amides is 1. The summed E-state index contributed by atoms with van der Waals surface area (Å²) in [7, 11) is 0. The number of hydrogen-bond donors (Lipinski definition) is 2. The molecule has 128 valence electrons. The fraction of sp³-hybridized carbons (Fsp3) is 0.222. The monoisotopic (exact) mass is 340 g/mol. The lowest BCUT2D eigenvalue weighted by Crippen LogP contribution is -2.28. The lowest BCUT2D eigenvalue weighted by Gasteiger charge is -2.12. The largest absolute Gasteiger partial charge is 0.493 e. The first-order chi connectivity index (χ1) is 12.2. The van der Waals surface area contributed by atoms with Crippen LogP contribution in [0.4, 0.5) is 0 Å². The number of aliphatic hydroxyl groups is 1. The normalized spacial score (nSPS) is 14.0. The molecule has 0 fully saturated rings. The highest BCUT2D eigenvalue weighted by Crippen LogP contribution is 2.28. The predicted octanol–water partition coefficient (Wildman–Crippen LogP) is 2.33. The maximum absolute atomic E-state index is 12.2. The molecule has 1 unspecified atom stereocenters. The Bertz CT molecular complexity index is 885. The molecule has 2 aromatic heterocycles. The Morgan fingerprint density at radius 3 is 3.04 bits per heavy atom. The second-order valence-corrected chi connectivity index (χ2v) is 5.75. The Kier molecular flexibility index (Phi) is 3.99. The Hall–Kier alpha value is -3.06. The van der Waals surface area contributed by atoms with Gasteiger partial charge < -0.3 is 24.1 Å². The molecule has 4 rings (SSSR count). The first-order valence-electron chi connectivity index (χ1n) is 7.93. The summed E-state index contributed by atoms with van der Waals surface area (Å²) in [6.07, 6.45) is 1.53. The molecule has 1 aliphatic rings. The Morgan fingerprint density at radius 1 is 1.28 bits per heavy atom. The number of carbonyl (C=O) groups is 1. The van der Waals surface area contributed by atoms with Gasteiger partial charge in [0.2, 0.25) is 5.76 Å². The average molecular weight is 340 g/mol. The third-order valence-electron chi connectivity index (χ3n) is 4.06. The zero-order chi connectivity index (χ0) is 17.2. The highest BCUT2D eigenvalue weighted by Gasteiger charge is 2.18. The molecule has 1 atom stereocenters. The molecule has 7 nitrogen and oxygen atoms in total. The first kappa shape index (κ1) is 15.5. The van der Waals surface area contributed by atoms with Gasteiger partial charge >= 0.3 is 0 Å². The van der Waals surface area contributed by atoms with Crippen molar-refractivity contribution in [3.05, 3.63) is 59.5 Å². The lowest BCUT2D eigenvalue weighted by atomic mass is 10.0. The van der Waals surface area contributed by atoms with E-state index in [0.29, 0.717) is 18.1 Å². The number of aliphatic hydroxyl groups excluding tert-OH is 1. The highest BCUT2D eigenvalue weighted by molar-refractivity contribution is 5.92. The quantitative estimate of drug-likeness (QED) is 0.740. The van der Waals surface area contributed by atoms with Crippen LogP contribution < -0.4 is 10.1 Å². The maximum atomic E-state index is 12.2. The van der Waals surface area contributed by atoms with Crippen molar-refractivity contribution in [1.82, 2.24) is 10.5 Å². The molecule has 7 heteroatoms. The van der Waals surface area contributed by atoms with Crippen molar-refractivity contribution in [2.75, 3.05) is 13.2 Å². The van der Waals surface area contributed by atoms with Gasteiger partial charge in [0.05, 0.1) is 19.0 Å². The number of hydrogen-bond acceptors (Lipinski definition) is 6. The van der Waals surface area contributed by atoms with Crippen LogP contribution in [0.2, 0.25) is 0 Å². The number of ether oxygens (including phenoxy) is 1. The summed E-state index contributed by atoms with van der Waals surface area (Å²) in [4.78, 5) is 12.2. The smallest absolute Gasteiger partial charge is 0.273 e. The van der Waals surface area contributed by atoms with Crippen LogP contribution in [0, 0.1) is 0 Å². The molecule has 3 heterocycles. The van der Waals surface area contributed by atoms with E-state index in [2.05, 4.69) is 10.5 Å². The van der Waals surface area contributed by atoms with Crippen LogP contribution in [0.3, 0.4) is 0 Å². The van der Waals surface area contributed by atoms with Gasteiger partial charge in [0.15, 0.2) is 11.5 Å². The van der Waals surface area contributed by atoms with Crippen LogP contribution in [-0.4, -0.2) is 29.3 Å². The van der Waals surface area contributed by atoms with Crippen molar-refractivity contribution < 1.29 is 23.6 Å². The van der Waals surface area contributed by atoms with Crippen LogP contribution in [-0.2, 0) is 6.42 Å². The molecule has 0 saturated heterocycles. The Labute approximate surface area is 143 Å². The predicted molar refractivity (Wildman–Crippen MR) is 87.1 cm³/mol. The second-order valence-electron chi connectivity index (χ2n) is 5.75. The standard InChI is InChI=1S/C18H16N2O5/c21-14(11-3-4-15-12(8-11)5-7-24-15)10-19-18(22)13-9-17(25-20-13)16-2-1-6-23-16/h1-4,6,8-9,14,21H,5,7,10H2,(H,19,22). The molecule has 1 aromatic carbocycles. The summed E-state index contributed by atoms with van der Waals surface area (Å²) in [5.41, 5.74) is 1.93. The number of carbonyl (C=O) groups excluding carboxylic acids is 1. The summed E-state index contributed by atoms with van der Waals surface area (Å²) >= 11 is 0. The van der Waals surface area contributed by atoms with E-state index in [1.807, 2.05) is 12.1 Å². The minimum absolute atomic E-state index is 0.0709. The third kappa shape index (κ3) is 3.14. The van der Waals surface area contributed by atoms with E-state index in [-0.39, 0.29) is 12.2 Å². The summed E-state index contributed by atoms with van der Waals surface area (Å²) in [5.74, 6) is 1.29. The molecule has 2 N–H and O–H groups in total. The number of aromatic nitrogens is 1. The third-order valence-corrected chi connectivity index (χ3v) is 4.06. The number of fused-ring (bicyclic) bond motifs is 1. The van der Waals surface area contributed by atoms with Crippen LogP contribution in [0.25, 0.3) is 11.5 Å². The van der Waals surface area contributed by atoms with Gasteiger partial charge in [-0.1, -0.05) is 11.2 Å². The topological polar surface area (TPSA) is 97.7 Å². The molecule has 3 aromatic rings. The van der Waals surface area contributed by atoms with Crippen LogP contribution >= 0.6 is 0 Å². The number of benzene rings is 1. The SMILES string of the molecule is O=C(NCC(O)c1ccc2c(c1)CCO2)c1cc(-c2ccco2)on1. The first-order valence-corrected chi connectivity index (χ1v) is 7.93. The van der Waals surface area contributed by atoms with Crippen LogP contribution in [0.15, 0.2) is 51.6 Å². The zero-order valence-corrected chi connectivity index (χ0v) is 13.3. The van der Waals surface area contributed by atoms with Gasteiger partial charge in [-0.05, 0) is 35.4 Å². The number of nitrogens with zero attached hydrogens (tertiary/aromatic N) is 1. The lowest BCUT2D eigenvalue weighted by molar-refractivity contribution is 0.0907. The molecule has 0 radical (unpaired) electrons. The van der Waals surface area contributed by atoms with E-state index < -0.39 is 12.0 Å². The van der Waals surface area contributed by atoms with E-state index in [1.54, 1.807) is 18.2 Å². The second kappa shape index (κ2) is 6.45. The van der Waals surface area contributed by atoms with Crippen molar-refractivity contribution >= 4 is 5.91 Å². The van der Waals surface area contributed by atoms with E-state index in [4.69, 9.17) is 13.7 Å². The highest BCUT2D eigenvalue weighted by atomic mass is 16.5. The fourth-order valence-corrected chi connectivity index (χ4v) is 2.73. The fourth-order valence-electron chi connectivity index (χ4n) is 2.73. The van der Waals surface area contributed by atoms with Crippen molar-refractivity contribution in [3.8, 4) is 17.3 Å². The summed E-state index contributed by atoms with van der Waals surface area (Å²) in [6, 6.07) is 10.5. The van der Waals surface area contributed by atoms with Gasteiger partial charge in [-0.25, -0.2) is 0 Å². The van der Waals surface area contributed by atoms with Crippen LogP contribution in [0.1, 0.15) is 27.7 Å². The van der Waals surface area contributed by atoms with E-state index in [0.717, 1.165) is 23.3 Å². The van der Waals surface area contributed by atoms with Gasteiger partial charge in [-0.15, -0.1) is 0 Å². The van der Waals surface area contributed by atoms with Crippen molar-refractivity contribution in [3.63, 3.8) is 0 Å². The summed E-state index contributed by atoms with van der Waals surface area (Å²) < 4.78 is 15.7. The van der Waals surface area contributed by atoms with Gasteiger partial charge in [-0.3, -0.25) is 4.79 Å². The van der Waals surface area contributed by atoms with Gasteiger partial charge in [0.25, 0.3) is 5.91 Å². The molecule has 25 heavy (non-hydrogen) atoms. The molecule has 1 aliphatic heterocycles. The molecular weight excluding hydrogens is 324 g/mol. The van der Waals surface area contributed by atoms with Gasteiger partial charge in [0, 0.05) is 19.0 Å². The molecule has 1 amide bonds.